The average molecular weight is 242 g/mol. The number of unbranched alkanes of at least 4 members (excludes halogenated alkanes) is 2. The fourth-order valence-corrected chi connectivity index (χ4v) is 1.98. The highest BCUT2D eigenvalue weighted by molar-refractivity contribution is 5.57. The van der Waals surface area contributed by atoms with Gasteiger partial charge in [0.25, 0.3) is 0 Å². The molecular weight excluding hydrogens is 216 g/mol. The van der Waals surface area contributed by atoms with Gasteiger partial charge in [-0.3, -0.25) is 0 Å². The standard InChI is InChI=1S/C14H26O3/c1-14(2,12-15)9-5-3-6-10-16-13-8-4-7-11-17-13/h12-13H,3-11H2,1-2H3. The van der Waals surface area contributed by atoms with Crippen LogP contribution in [0.15, 0.2) is 0 Å². The summed E-state index contributed by atoms with van der Waals surface area (Å²) in [5.41, 5.74) is -0.159. The third-order valence-electron chi connectivity index (χ3n) is 3.23. The molecular formula is C14H26O3. The number of carbonyl (C=O) groups is 1. The Bertz CT molecular complexity index is 208. The first-order valence-corrected chi connectivity index (χ1v) is 6.83. The lowest BCUT2D eigenvalue weighted by atomic mass is 9.89. The number of ether oxygens (including phenoxy) is 2. The highest BCUT2D eigenvalue weighted by atomic mass is 16.7. The molecule has 1 saturated heterocycles. The van der Waals surface area contributed by atoms with Gasteiger partial charge in [0.1, 0.15) is 6.29 Å². The van der Waals surface area contributed by atoms with Gasteiger partial charge >= 0.3 is 0 Å². The number of hydrogen-bond acceptors (Lipinski definition) is 3. The molecule has 0 saturated carbocycles. The maximum absolute atomic E-state index is 10.7. The zero-order chi connectivity index (χ0) is 12.6. The number of aldehydes is 1. The van der Waals surface area contributed by atoms with Gasteiger partial charge < -0.3 is 14.3 Å². The lowest BCUT2D eigenvalue weighted by Gasteiger charge is -2.22. The Morgan fingerprint density at radius 3 is 2.76 bits per heavy atom. The van der Waals surface area contributed by atoms with Crippen molar-refractivity contribution >= 4 is 6.29 Å². The molecule has 1 heterocycles. The van der Waals surface area contributed by atoms with E-state index in [1.54, 1.807) is 0 Å². The first kappa shape index (κ1) is 14.7. The van der Waals surface area contributed by atoms with Crippen LogP contribution >= 0.6 is 0 Å². The minimum Gasteiger partial charge on any atom is -0.353 e. The zero-order valence-corrected chi connectivity index (χ0v) is 11.2. The summed E-state index contributed by atoms with van der Waals surface area (Å²) in [7, 11) is 0. The molecule has 0 spiro atoms. The highest BCUT2D eigenvalue weighted by Gasteiger charge is 2.16. The van der Waals surface area contributed by atoms with Gasteiger partial charge in [-0.25, -0.2) is 0 Å². The molecule has 0 aliphatic carbocycles. The molecule has 1 atom stereocenters. The van der Waals surface area contributed by atoms with Crippen molar-refractivity contribution in [1.29, 1.82) is 0 Å². The maximum atomic E-state index is 10.7. The van der Waals surface area contributed by atoms with E-state index in [2.05, 4.69) is 0 Å². The molecule has 0 aromatic heterocycles. The quantitative estimate of drug-likeness (QED) is 0.484. The lowest BCUT2D eigenvalue weighted by molar-refractivity contribution is -0.162. The molecule has 17 heavy (non-hydrogen) atoms. The van der Waals surface area contributed by atoms with Crippen molar-refractivity contribution in [2.45, 2.75) is 65.1 Å². The fourth-order valence-electron chi connectivity index (χ4n) is 1.98. The van der Waals surface area contributed by atoms with Crippen molar-refractivity contribution in [3.63, 3.8) is 0 Å². The van der Waals surface area contributed by atoms with Gasteiger partial charge in [0, 0.05) is 18.6 Å². The van der Waals surface area contributed by atoms with E-state index in [0.29, 0.717) is 0 Å². The smallest absolute Gasteiger partial charge is 0.157 e. The van der Waals surface area contributed by atoms with Crippen LogP contribution in [0, 0.1) is 5.41 Å². The van der Waals surface area contributed by atoms with Gasteiger partial charge in [-0.15, -0.1) is 0 Å². The molecule has 1 rings (SSSR count). The highest BCUT2D eigenvalue weighted by Crippen LogP contribution is 2.20. The molecule has 0 amide bonds. The van der Waals surface area contributed by atoms with Gasteiger partial charge in [-0.2, -0.15) is 0 Å². The Morgan fingerprint density at radius 2 is 2.12 bits per heavy atom. The third-order valence-corrected chi connectivity index (χ3v) is 3.23. The van der Waals surface area contributed by atoms with Crippen LogP contribution in [-0.4, -0.2) is 25.8 Å². The summed E-state index contributed by atoms with van der Waals surface area (Å²) in [5, 5.41) is 0. The van der Waals surface area contributed by atoms with Crippen LogP contribution < -0.4 is 0 Å². The van der Waals surface area contributed by atoms with Crippen LogP contribution in [-0.2, 0) is 14.3 Å². The second-order valence-electron chi connectivity index (χ2n) is 5.58. The van der Waals surface area contributed by atoms with Crippen LogP contribution in [0.3, 0.4) is 0 Å². The van der Waals surface area contributed by atoms with E-state index >= 15 is 0 Å². The molecule has 0 N–H and O–H groups in total. The Hall–Kier alpha value is -0.410. The van der Waals surface area contributed by atoms with Crippen LogP contribution in [0.2, 0.25) is 0 Å². The van der Waals surface area contributed by atoms with Crippen LogP contribution in [0.5, 0.6) is 0 Å². The minimum atomic E-state index is -0.159. The molecule has 1 aliphatic heterocycles. The molecule has 0 aromatic carbocycles. The van der Waals surface area contributed by atoms with Crippen LogP contribution in [0.1, 0.15) is 58.8 Å². The molecule has 3 heteroatoms. The molecule has 3 nitrogen and oxygen atoms in total. The molecule has 1 aliphatic rings. The van der Waals surface area contributed by atoms with E-state index in [9.17, 15) is 4.79 Å². The van der Waals surface area contributed by atoms with Crippen LogP contribution in [0.25, 0.3) is 0 Å². The SMILES string of the molecule is CC(C)(C=O)CCCCCOC1CCCCO1. The van der Waals surface area contributed by atoms with Crippen molar-refractivity contribution < 1.29 is 14.3 Å². The van der Waals surface area contributed by atoms with E-state index in [1.807, 2.05) is 13.8 Å². The van der Waals surface area contributed by atoms with E-state index in [0.717, 1.165) is 51.6 Å². The lowest BCUT2D eigenvalue weighted by Crippen LogP contribution is -2.22. The van der Waals surface area contributed by atoms with E-state index in [-0.39, 0.29) is 11.7 Å². The summed E-state index contributed by atoms with van der Waals surface area (Å²) < 4.78 is 11.1. The van der Waals surface area contributed by atoms with Gasteiger partial charge in [0.05, 0.1) is 0 Å². The van der Waals surface area contributed by atoms with Crippen molar-refractivity contribution in [3.8, 4) is 0 Å². The zero-order valence-electron chi connectivity index (χ0n) is 11.2. The normalized spacial score (nSPS) is 21.4. The van der Waals surface area contributed by atoms with Crippen molar-refractivity contribution in [2.75, 3.05) is 13.2 Å². The summed E-state index contributed by atoms with van der Waals surface area (Å²) >= 11 is 0. The van der Waals surface area contributed by atoms with Crippen molar-refractivity contribution in [2.24, 2.45) is 5.41 Å². The number of rotatable bonds is 8. The van der Waals surface area contributed by atoms with Crippen molar-refractivity contribution in [1.82, 2.24) is 0 Å². The van der Waals surface area contributed by atoms with Crippen LogP contribution in [0.4, 0.5) is 0 Å². The molecule has 1 fully saturated rings. The summed E-state index contributed by atoms with van der Waals surface area (Å²) in [6.07, 6.45) is 8.78. The monoisotopic (exact) mass is 242 g/mol. The van der Waals surface area contributed by atoms with Crippen molar-refractivity contribution in [3.05, 3.63) is 0 Å². The van der Waals surface area contributed by atoms with Gasteiger partial charge in [-0.05, 0) is 32.1 Å². The number of carbonyl (C=O) groups excluding carboxylic acids is 1. The maximum Gasteiger partial charge on any atom is 0.157 e. The molecule has 1 unspecified atom stereocenters. The molecule has 100 valence electrons. The second kappa shape index (κ2) is 7.83. The summed E-state index contributed by atoms with van der Waals surface area (Å²) in [5.74, 6) is 0. The fraction of sp³-hybridized carbons (Fsp3) is 0.929. The first-order chi connectivity index (χ1) is 8.14. The van der Waals surface area contributed by atoms with E-state index in [1.165, 1.54) is 12.8 Å². The van der Waals surface area contributed by atoms with Gasteiger partial charge in [0.2, 0.25) is 0 Å². The summed E-state index contributed by atoms with van der Waals surface area (Å²) in [4.78, 5) is 10.7. The minimum absolute atomic E-state index is 0.0372. The molecule has 0 aromatic rings. The number of hydrogen-bond donors (Lipinski definition) is 0. The van der Waals surface area contributed by atoms with Gasteiger partial charge in [0.15, 0.2) is 6.29 Å². The third kappa shape index (κ3) is 6.79. The Labute approximate surface area is 105 Å². The predicted octanol–water partition coefficient (Wildman–Crippen LogP) is 3.32. The van der Waals surface area contributed by atoms with Gasteiger partial charge in [-0.1, -0.05) is 26.7 Å². The topological polar surface area (TPSA) is 35.5 Å². The summed E-state index contributed by atoms with van der Waals surface area (Å²) in [6.45, 7) is 5.61. The summed E-state index contributed by atoms with van der Waals surface area (Å²) in [6, 6.07) is 0. The van der Waals surface area contributed by atoms with E-state index < -0.39 is 0 Å². The predicted molar refractivity (Wildman–Crippen MR) is 67.9 cm³/mol. The van der Waals surface area contributed by atoms with E-state index in [4.69, 9.17) is 9.47 Å². The Kier molecular flexibility index (Phi) is 6.75. The molecule has 0 radical (unpaired) electrons. The molecule has 0 bridgehead atoms. The second-order valence-corrected chi connectivity index (χ2v) is 5.58. The average Bonchev–Trinajstić information content (AvgIpc) is 2.35. The first-order valence-electron chi connectivity index (χ1n) is 6.83. The Morgan fingerprint density at radius 1 is 1.29 bits per heavy atom. The Balaban J connectivity index is 1.92. The largest absolute Gasteiger partial charge is 0.353 e.